The number of nitrogens with one attached hydrogen (secondary N) is 1. The van der Waals surface area contributed by atoms with Gasteiger partial charge in [0.15, 0.2) is 0 Å². The van der Waals surface area contributed by atoms with Crippen molar-refractivity contribution in [3.8, 4) is 0 Å². The van der Waals surface area contributed by atoms with Gasteiger partial charge in [-0.15, -0.1) is 0 Å². The van der Waals surface area contributed by atoms with E-state index in [9.17, 15) is 4.79 Å². The van der Waals surface area contributed by atoms with Crippen LogP contribution in [0.3, 0.4) is 0 Å². The number of carbonyl (C=O) groups excluding carboxylic acids is 1. The molecule has 0 aliphatic heterocycles. The summed E-state index contributed by atoms with van der Waals surface area (Å²) in [4.78, 5) is 18.7. The molecule has 0 aliphatic rings. The monoisotopic (exact) mass is 409 g/mol. The second-order valence-corrected chi connectivity index (χ2v) is 6.14. The Hall–Kier alpha value is -1.63. The van der Waals surface area contributed by atoms with Crippen LogP contribution in [0.2, 0.25) is 0 Å². The normalized spacial score (nSPS) is 10.3. The number of benzene rings is 1. The molecule has 2 aromatic rings. The number of amides is 1. The molecule has 1 heterocycles. The Bertz CT molecular complexity index is 624. The van der Waals surface area contributed by atoms with Gasteiger partial charge in [-0.25, -0.2) is 4.98 Å². The van der Waals surface area contributed by atoms with Gasteiger partial charge in [-0.05, 0) is 66.3 Å². The number of hydrogen-bond donors (Lipinski definition) is 1. The largest absolute Gasteiger partial charge is 0.357 e. The van der Waals surface area contributed by atoms with Gasteiger partial charge in [0.05, 0.1) is 0 Å². The summed E-state index contributed by atoms with van der Waals surface area (Å²) in [5.41, 5.74) is 1.68. The first kappa shape index (κ1) is 16.7. The molecular weight excluding hydrogens is 389 g/mol. The van der Waals surface area contributed by atoms with Gasteiger partial charge in [-0.1, -0.05) is 12.1 Å². The van der Waals surface area contributed by atoms with Crippen molar-refractivity contribution < 1.29 is 4.79 Å². The molecule has 1 aromatic carbocycles. The van der Waals surface area contributed by atoms with E-state index >= 15 is 0 Å². The third kappa shape index (κ3) is 4.43. The van der Waals surface area contributed by atoms with Crippen LogP contribution in [0.5, 0.6) is 0 Å². The van der Waals surface area contributed by atoms with Gasteiger partial charge in [0.2, 0.25) is 0 Å². The standard InChI is InChI=1S/C17H20IN3O/c1-3-21(4-2)16-9-8-13(11-19-16)12-20-17(22)14-6-5-7-15(18)10-14/h5-11H,3-4,12H2,1-2H3,(H,20,22). The van der Waals surface area contributed by atoms with Gasteiger partial charge in [-0.2, -0.15) is 0 Å². The summed E-state index contributed by atoms with van der Waals surface area (Å²) in [6.07, 6.45) is 1.82. The molecule has 1 aromatic heterocycles. The van der Waals surface area contributed by atoms with E-state index in [0.29, 0.717) is 12.1 Å². The number of anilines is 1. The van der Waals surface area contributed by atoms with Gasteiger partial charge in [-0.3, -0.25) is 4.79 Å². The van der Waals surface area contributed by atoms with Crippen molar-refractivity contribution in [2.75, 3.05) is 18.0 Å². The number of carbonyl (C=O) groups is 1. The number of hydrogen-bond acceptors (Lipinski definition) is 3. The first-order chi connectivity index (χ1) is 10.6. The Kier molecular flexibility index (Phi) is 6.18. The van der Waals surface area contributed by atoms with Crippen molar-refractivity contribution in [2.24, 2.45) is 0 Å². The molecule has 0 unspecified atom stereocenters. The summed E-state index contributed by atoms with van der Waals surface area (Å²) < 4.78 is 1.05. The maximum absolute atomic E-state index is 12.1. The predicted molar refractivity (Wildman–Crippen MR) is 98.1 cm³/mol. The lowest BCUT2D eigenvalue weighted by molar-refractivity contribution is 0.0951. The zero-order valence-electron chi connectivity index (χ0n) is 12.8. The average Bonchev–Trinajstić information content (AvgIpc) is 2.55. The smallest absolute Gasteiger partial charge is 0.251 e. The van der Waals surface area contributed by atoms with E-state index in [4.69, 9.17) is 0 Å². The predicted octanol–water partition coefficient (Wildman–Crippen LogP) is 3.46. The second kappa shape index (κ2) is 8.12. The van der Waals surface area contributed by atoms with Crippen LogP contribution >= 0.6 is 22.6 Å². The van der Waals surface area contributed by atoms with Gasteiger partial charge in [0.25, 0.3) is 5.91 Å². The van der Waals surface area contributed by atoms with Gasteiger partial charge >= 0.3 is 0 Å². The van der Waals surface area contributed by atoms with Crippen molar-refractivity contribution >= 4 is 34.3 Å². The molecule has 0 spiro atoms. The summed E-state index contributed by atoms with van der Waals surface area (Å²) >= 11 is 2.20. The Morgan fingerprint density at radius 1 is 1.23 bits per heavy atom. The Balaban J connectivity index is 1.95. The van der Waals surface area contributed by atoms with Crippen LogP contribution in [0.4, 0.5) is 5.82 Å². The highest BCUT2D eigenvalue weighted by atomic mass is 127. The third-order valence-electron chi connectivity index (χ3n) is 3.44. The molecule has 1 N–H and O–H groups in total. The maximum atomic E-state index is 12.1. The van der Waals surface area contributed by atoms with Crippen molar-refractivity contribution in [3.63, 3.8) is 0 Å². The van der Waals surface area contributed by atoms with Gasteiger partial charge in [0.1, 0.15) is 5.82 Å². The molecule has 0 fully saturated rings. The van der Waals surface area contributed by atoms with E-state index in [-0.39, 0.29) is 5.91 Å². The Morgan fingerprint density at radius 2 is 2.00 bits per heavy atom. The zero-order chi connectivity index (χ0) is 15.9. The fourth-order valence-corrected chi connectivity index (χ4v) is 2.71. The molecule has 5 heteroatoms. The molecule has 0 aliphatic carbocycles. The number of rotatable bonds is 6. The Morgan fingerprint density at radius 3 is 2.59 bits per heavy atom. The summed E-state index contributed by atoms with van der Waals surface area (Å²) in [6.45, 7) is 6.58. The topological polar surface area (TPSA) is 45.2 Å². The van der Waals surface area contributed by atoms with Crippen molar-refractivity contribution in [1.29, 1.82) is 0 Å². The molecule has 22 heavy (non-hydrogen) atoms. The van der Waals surface area contributed by atoms with Crippen LogP contribution in [0.15, 0.2) is 42.6 Å². The molecule has 0 atom stereocenters. The molecule has 4 nitrogen and oxygen atoms in total. The zero-order valence-corrected chi connectivity index (χ0v) is 15.0. The van der Waals surface area contributed by atoms with Crippen molar-refractivity contribution in [3.05, 3.63) is 57.3 Å². The number of pyridine rings is 1. The lowest BCUT2D eigenvalue weighted by Gasteiger charge is -2.19. The fraction of sp³-hybridized carbons (Fsp3) is 0.294. The molecule has 2 rings (SSSR count). The van der Waals surface area contributed by atoms with E-state index in [1.54, 1.807) is 0 Å². The van der Waals surface area contributed by atoms with Crippen molar-refractivity contribution in [1.82, 2.24) is 10.3 Å². The van der Waals surface area contributed by atoms with E-state index in [0.717, 1.165) is 28.0 Å². The molecule has 1 amide bonds. The summed E-state index contributed by atoms with van der Waals surface area (Å²) in [5.74, 6) is 0.907. The minimum absolute atomic E-state index is 0.0636. The van der Waals surface area contributed by atoms with Gasteiger partial charge < -0.3 is 10.2 Å². The molecule has 0 radical (unpaired) electrons. The molecule has 0 saturated heterocycles. The fourth-order valence-electron chi connectivity index (χ4n) is 2.17. The first-order valence-corrected chi connectivity index (χ1v) is 8.45. The summed E-state index contributed by atoms with van der Waals surface area (Å²) in [7, 11) is 0. The van der Waals surface area contributed by atoms with Crippen LogP contribution in [0.25, 0.3) is 0 Å². The molecule has 0 bridgehead atoms. The van der Waals surface area contributed by atoms with E-state index in [1.807, 2.05) is 42.6 Å². The van der Waals surface area contributed by atoms with Crippen LogP contribution in [-0.2, 0) is 6.54 Å². The number of aromatic nitrogens is 1. The average molecular weight is 409 g/mol. The minimum atomic E-state index is -0.0636. The number of nitrogens with zero attached hydrogens (tertiary/aromatic N) is 2. The molecule has 116 valence electrons. The van der Waals surface area contributed by atoms with Crippen LogP contribution in [0.1, 0.15) is 29.8 Å². The van der Waals surface area contributed by atoms with Crippen LogP contribution in [-0.4, -0.2) is 24.0 Å². The van der Waals surface area contributed by atoms with Crippen molar-refractivity contribution in [2.45, 2.75) is 20.4 Å². The summed E-state index contributed by atoms with van der Waals surface area (Å²) in [5, 5.41) is 2.92. The number of halogens is 1. The second-order valence-electron chi connectivity index (χ2n) is 4.89. The van der Waals surface area contributed by atoms with Crippen LogP contribution in [0, 0.1) is 3.57 Å². The Labute approximate surface area is 145 Å². The highest BCUT2D eigenvalue weighted by molar-refractivity contribution is 14.1. The summed E-state index contributed by atoms with van der Waals surface area (Å²) in [6, 6.07) is 11.6. The maximum Gasteiger partial charge on any atom is 0.251 e. The molecular formula is C17H20IN3O. The highest BCUT2D eigenvalue weighted by Crippen LogP contribution is 2.11. The third-order valence-corrected chi connectivity index (χ3v) is 4.11. The van der Waals surface area contributed by atoms with E-state index in [2.05, 4.69) is 51.6 Å². The lowest BCUT2D eigenvalue weighted by Crippen LogP contribution is -2.24. The van der Waals surface area contributed by atoms with E-state index < -0.39 is 0 Å². The quantitative estimate of drug-likeness (QED) is 0.744. The lowest BCUT2D eigenvalue weighted by atomic mass is 10.2. The van der Waals surface area contributed by atoms with Crippen LogP contribution < -0.4 is 10.2 Å². The first-order valence-electron chi connectivity index (χ1n) is 7.37. The minimum Gasteiger partial charge on any atom is -0.357 e. The highest BCUT2D eigenvalue weighted by Gasteiger charge is 2.06. The molecule has 0 saturated carbocycles. The van der Waals surface area contributed by atoms with E-state index in [1.165, 1.54) is 0 Å². The SMILES string of the molecule is CCN(CC)c1ccc(CNC(=O)c2cccc(I)c2)cn1. The van der Waals surface area contributed by atoms with Gasteiger partial charge in [0, 0.05) is 35.0 Å².